The number of nitriles is 1. The van der Waals surface area contributed by atoms with Crippen molar-refractivity contribution < 1.29 is 9.72 Å². The maximum Gasteiger partial charge on any atom is 0.270 e. The third kappa shape index (κ3) is 4.42. The average molecular weight is 364 g/mol. The molecule has 0 saturated carbocycles. The number of hydrogen-bond donors (Lipinski definition) is 1. The summed E-state index contributed by atoms with van der Waals surface area (Å²) in [6, 6.07) is 15.7. The number of anilines is 1. The molecule has 0 aromatic heterocycles. The Labute approximate surface area is 157 Å². The van der Waals surface area contributed by atoms with Gasteiger partial charge in [0.05, 0.1) is 16.2 Å². The van der Waals surface area contributed by atoms with Crippen molar-refractivity contribution in [2.75, 3.05) is 18.4 Å². The summed E-state index contributed by atoms with van der Waals surface area (Å²) in [7, 11) is 0. The largest absolute Gasteiger partial charge is 0.373 e. The highest BCUT2D eigenvalue weighted by Crippen LogP contribution is 2.24. The second-order valence-electron chi connectivity index (χ2n) is 6.50. The average Bonchev–Trinajstić information content (AvgIpc) is 3.02. The van der Waals surface area contributed by atoms with Crippen LogP contribution in [0.1, 0.15) is 24.0 Å². The number of carbonyl (C=O) groups excluding carboxylic acids is 1. The van der Waals surface area contributed by atoms with E-state index in [4.69, 9.17) is 0 Å². The van der Waals surface area contributed by atoms with Crippen LogP contribution >= 0.6 is 0 Å². The van der Waals surface area contributed by atoms with E-state index >= 15 is 0 Å². The lowest BCUT2D eigenvalue weighted by atomic mass is 10.1. The predicted octanol–water partition coefficient (Wildman–Crippen LogP) is 3.11. The number of rotatable bonds is 7. The number of carbonyl (C=O) groups is 1. The number of non-ortho nitro benzene ring substituents is 1. The molecule has 1 fully saturated rings. The smallest absolute Gasteiger partial charge is 0.270 e. The lowest BCUT2D eigenvalue weighted by Crippen LogP contribution is -2.34. The highest BCUT2D eigenvalue weighted by atomic mass is 16.6. The van der Waals surface area contributed by atoms with Gasteiger partial charge in [0, 0.05) is 25.2 Å². The molecule has 7 heteroatoms. The topological polar surface area (TPSA) is 99.3 Å². The molecule has 1 aliphatic heterocycles. The number of amides is 1. The SMILES string of the molecule is N#Cc1cc([N+](=O)[O-])ccc1NC1CCN(CCCc2ccccc2)C1=O. The summed E-state index contributed by atoms with van der Waals surface area (Å²) < 4.78 is 0. The minimum absolute atomic E-state index is 0.00491. The molecule has 0 spiro atoms. The second kappa shape index (κ2) is 8.32. The molecular weight excluding hydrogens is 344 g/mol. The molecule has 0 aliphatic carbocycles. The van der Waals surface area contributed by atoms with Crippen LogP contribution in [0, 0.1) is 21.4 Å². The number of nitrogens with one attached hydrogen (secondary N) is 1. The van der Waals surface area contributed by atoms with Crippen molar-refractivity contribution >= 4 is 17.3 Å². The van der Waals surface area contributed by atoms with Crippen LogP contribution in [0.5, 0.6) is 0 Å². The van der Waals surface area contributed by atoms with Crippen LogP contribution in [-0.2, 0) is 11.2 Å². The van der Waals surface area contributed by atoms with E-state index in [1.54, 1.807) is 0 Å². The first-order chi connectivity index (χ1) is 13.1. The van der Waals surface area contributed by atoms with E-state index in [2.05, 4.69) is 17.4 Å². The van der Waals surface area contributed by atoms with Gasteiger partial charge in [0.15, 0.2) is 0 Å². The van der Waals surface area contributed by atoms with Crippen molar-refractivity contribution in [3.8, 4) is 6.07 Å². The lowest BCUT2D eigenvalue weighted by Gasteiger charge is -2.18. The fraction of sp³-hybridized carbons (Fsp3) is 0.300. The fourth-order valence-corrected chi connectivity index (χ4v) is 3.27. The number of benzene rings is 2. The molecule has 2 aromatic rings. The van der Waals surface area contributed by atoms with E-state index in [1.165, 1.54) is 23.8 Å². The van der Waals surface area contributed by atoms with Crippen LogP contribution in [-0.4, -0.2) is 34.9 Å². The number of likely N-dealkylation sites (tertiary alicyclic amines) is 1. The van der Waals surface area contributed by atoms with Gasteiger partial charge in [0.25, 0.3) is 5.69 Å². The van der Waals surface area contributed by atoms with Gasteiger partial charge in [0.1, 0.15) is 12.1 Å². The molecule has 1 unspecified atom stereocenters. The van der Waals surface area contributed by atoms with Crippen LogP contribution in [0.4, 0.5) is 11.4 Å². The number of nitro benzene ring substituents is 1. The maximum absolute atomic E-state index is 12.6. The quantitative estimate of drug-likeness (QED) is 0.601. The molecule has 138 valence electrons. The molecular formula is C20H20N4O3. The number of nitro groups is 1. The molecule has 3 rings (SSSR count). The van der Waals surface area contributed by atoms with Gasteiger partial charge in [-0.1, -0.05) is 30.3 Å². The molecule has 1 aliphatic rings. The fourth-order valence-electron chi connectivity index (χ4n) is 3.27. The molecule has 1 saturated heterocycles. The van der Waals surface area contributed by atoms with Crippen LogP contribution in [0.2, 0.25) is 0 Å². The zero-order valence-corrected chi connectivity index (χ0v) is 14.8. The summed E-state index contributed by atoms with van der Waals surface area (Å²) >= 11 is 0. The van der Waals surface area contributed by atoms with Gasteiger partial charge >= 0.3 is 0 Å². The van der Waals surface area contributed by atoms with Crippen molar-refractivity contribution in [2.45, 2.75) is 25.3 Å². The number of aryl methyl sites for hydroxylation is 1. The molecule has 0 bridgehead atoms. The summed E-state index contributed by atoms with van der Waals surface area (Å²) in [6.07, 6.45) is 2.46. The van der Waals surface area contributed by atoms with Crippen LogP contribution in [0.3, 0.4) is 0 Å². The lowest BCUT2D eigenvalue weighted by molar-refractivity contribution is -0.384. The van der Waals surface area contributed by atoms with E-state index in [0.29, 0.717) is 25.2 Å². The third-order valence-electron chi connectivity index (χ3n) is 4.70. The summed E-state index contributed by atoms with van der Waals surface area (Å²) in [4.78, 5) is 24.7. The first-order valence-corrected chi connectivity index (χ1v) is 8.86. The van der Waals surface area contributed by atoms with Gasteiger partial charge < -0.3 is 10.2 Å². The first-order valence-electron chi connectivity index (χ1n) is 8.86. The van der Waals surface area contributed by atoms with E-state index in [-0.39, 0.29) is 17.2 Å². The molecule has 1 N–H and O–H groups in total. The highest BCUT2D eigenvalue weighted by Gasteiger charge is 2.31. The Morgan fingerprint density at radius 1 is 1.26 bits per heavy atom. The van der Waals surface area contributed by atoms with E-state index in [0.717, 1.165) is 12.8 Å². The summed E-state index contributed by atoms with van der Waals surface area (Å²) in [5.74, 6) is 0.00491. The Morgan fingerprint density at radius 3 is 2.74 bits per heavy atom. The second-order valence-corrected chi connectivity index (χ2v) is 6.50. The van der Waals surface area contributed by atoms with Crippen molar-refractivity contribution in [1.82, 2.24) is 4.90 Å². The Kier molecular flexibility index (Phi) is 5.67. The van der Waals surface area contributed by atoms with Gasteiger partial charge in [-0.3, -0.25) is 14.9 Å². The van der Waals surface area contributed by atoms with Crippen LogP contribution < -0.4 is 5.32 Å². The summed E-state index contributed by atoms with van der Waals surface area (Å²) in [6.45, 7) is 1.36. The highest BCUT2D eigenvalue weighted by molar-refractivity contribution is 5.87. The summed E-state index contributed by atoms with van der Waals surface area (Å²) in [5.41, 5.74) is 1.73. The first kappa shape index (κ1) is 18.4. The van der Waals surface area contributed by atoms with Crippen molar-refractivity contribution in [3.05, 3.63) is 69.8 Å². The zero-order valence-electron chi connectivity index (χ0n) is 14.8. The molecule has 1 heterocycles. The monoisotopic (exact) mass is 364 g/mol. The number of hydrogen-bond acceptors (Lipinski definition) is 5. The van der Waals surface area contributed by atoms with E-state index < -0.39 is 11.0 Å². The molecule has 2 aromatic carbocycles. The minimum atomic E-state index is -0.542. The zero-order chi connectivity index (χ0) is 19.2. The Hall–Kier alpha value is -3.40. The Morgan fingerprint density at radius 2 is 2.04 bits per heavy atom. The van der Waals surface area contributed by atoms with Gasteiger partial charge in [-0.2, -0.15) is 5.26 Å². The molecule has 27 heavy (non-hydrogen) atoms. The normalized spacial score (nSPS) is 16.2. The van der Waals surface area contributed by atoms with E-state index in [9.17, 15) is 20.2 Å². The van der Waals surface area contributed by atoms with Gasteiger partial charge in [-0.25, -0.2) is 0 Å². The Bertz CT molecular complexity index is 877. The van der Waals surface area contributed by atoms with Crippen LogP contribution in [0.25, 0.3) is 0 Å². The predicted molar refractivity (Wildman–Crippen MR) is 101 cm³/mol. The van der Waals surface area contributed by atoms with Gasteiger partial charge in [-0.05, 0) is 30.9 Å². The summed E-state index contributed by atoms with van der Waals surface area (Å²) in [5, 5.41) is 23.1. The number of nitrogens with zero attached hydrogens (tertiary/aromatic N) is 3. The molecule has 7 nitrogen and oxygen atoms in total. The van der Waals surface area contributed by atoms with Crippen LogP contribution in [0.15, 0.2) is 48.5 Å². The van der Waals surface area contributed by atoms with E-state index in [1.807, 2.05) is 29.2 Å². The maximum atomic E-state index is 12.6. The third-order valence-corrected chi connectivity index (χ3v) is 4.70. The minimum Gasteiger partial charge on any atom is -0.373 e. The van der Waals surface area contributed by atoms with Gasteiger partial charge in [0.2, 0.25) is 5.91 Å². The van der Waals surface area contributed by atoms with Gasteiger partial charge in [-0.15, -0.1) is 0 Å². The van der Waals surface area contributed by atoms with Crippen molar-refractivity contribution in [3.63, 3.8) is 0 Å². The molecule has 0 radical (unpaired) electrons. The van der Waals surface area contributed by atoms with Crippen molar-refractivity contribution in [1.29, 1.82) is 5.26 Å². The molecule has 1 atom stereocenters. The molecule has 1 amide bonds. The standard InChI is InChI=1S/C20H20N4O3/c21-14-16-13-17(24(26)27)8-9-18(16)22-19-10-12-23(20(19)25)11-4-7-15-5-2-1-3-6-15/h1-3,5-6,8-9,13,19,22H,4,7,10-12H2. The van der Waals surface area contributed by atoms with Crippen molar-refractivity contribution in [2.24, 2.45) is 0 Å². The Balaban J connectivity index is 1.57.